The van der Waals surface area contributed by atoms with Crippen molar-refractivity contribution in [1.82, 2.24) is 25.2 Å². The number of rotatable bonds is 7. The van der Waals surface area contributed by atoms with Crippen molar-refractivity contribution in [2.24, 2.45) is 0 Å². The first-order valence-electron chi connectivity index (χ1n) is 8.27. The Morgan fingerprint density at radius 2 is 1.88 bits per heavy atom. The first kappa shape index (κ1) is 16.8. The van der Waals surface area contributed by atoms with Crippen molar-refractivity contribution >= 4 is 5.97 Å². The molecule has 0 spiro atoms. The predicted molar refractivity (Wildman–Crippen MR) is 92.2 cm³/mol. The van der Waals surface area contributed by atoms with Gasteiger partial charge in [0.2, 0.25) is 0 Å². The molecule has 0 saturated heterocycles. The van der Waals surface area contributed by atoms with Gasteiger partial charge in [0.25, 0.3) is 0 Å². The first-order chi connectivity index (χ1) is 12.3. The van der Waals surface area contributed by atoms with Crippen LogP contribution >= 0.6 is 0 Å². The maximum Gasteiger partial charge on any atom is 0.360 e. The van der Waals surface area contributed by atoms with E-state index in [1.807, 2.05) is 36.4 Å². The van der Waals surface area contributed by atoms with Crippen LogP contribution in [0.15, 0.2) is 48.7 Å². The summed E-state index contributed by atoms with van der Waals surface area (Å²) in [7, 11) is 0. The number of benzene rings is 1. The molecule has 25 heavy (non-hydrogen) atoms. The highest BCUT2D eigenvalue weighted by Gasteiger charge is 2.13. The number of esters is 1. The van der Waals surface area contributed by atoms with E-state index in [-0.39, 0.29) is 5.69 Å². The quantitative estimate of drug-likeness (QED) is 0.487. The van der Waals surface area contributed by atoms with Crippen molar-refractivity contribution in [3.63, 3.8) is 0 Å². The fraction of sp³-hybridized carbons (Fsp3) is 0.278. The lowest BCUT2D eigenvalue weighted by atomic mass is 10.1. The summed E-state index contributed by atoms with van der Waals surface area (Å²) in [6.45, 7) is 2.49. The van der Waals surface area contributed by atoms with Crippen molar-refractivity contribution in [2.45, 2.75) is 26.2 Å². The highest BCUT2D eigenvalue weighted by molar-refractivity contribution is 5.86. The summed E-state index contributed by atoms with van der Waals surface area (Å²) >= 11 is 0. The van der Waals surface area contributed by atoms with E-state index in [1.165, 1.54) is 10.9 Å². The molecule has 0 radical (unpaired) electrons. The summed E-state index contributed by atoms with van der Waals surface area (Å²) in [6, 6.07) is 13.4. The van der Waals surface area contributed by atoms with E-state index in [9.17, 15) is 4.79 Å². The second-order valence-corrected chi connectivity index (χ2v) is 5.53. The molecule has 0 unspecified atom stereocenters. The lowest BCUT2D eigenvalue weighted by molar-refractivity contribution is 0.0491. The van der Waals surface area contributed by atoms with Gasteiger partial charge in [-0.25, -0.2) is 4.79 Å². The molecule has 0 saturated carbocycles. The largest absolute Gasteiger partial charge is 0.461 e. The number of hydrogen-bond acceptors (Lipinski definition) is 6. The number of ether oxygens (including phenoxy) is 1. The van der Waals surface area contributed by atoms with Gasteiger partial charge in [-0.2, -0.15) is 4.68 Å². The molecule has 0 aliphatic heterocycles. The second-order valence-electron chi connectivity index (χ2n) is 5.53. The van der Waals surface area contributed by atoms with Gasteiger partial charge in [-0.15, -0.1) is 15.3 Å². The molecule has 0 atom stereocenters. The zero-order valence-electron chi connectivity index (χ0n) is 14.0. The van der Waals surface area contributed by atoms with Crippen molar-refractivity contribution in [3.05, 3.63) is 54.4 Å². The molecule has 1 aromatic carbocycles. The van der Waals surface area contributed by atoms with Crippen LogP contribution in [0.1, 0.15) is 36.7 Å². The zero-order valence-corrected chi connectivity index (χ0v) is 14.0. The van der Waals surface area contributed by atoms with Crippen LogP contribution in [0.4, 0.5) is 0 Å². The molecule has 0 aliphatic rings. The van der Waals surface area contributed by atoms with Gasteiger partial charge in [0, 0.05) is 5.56 Å². The topological polar surface area (TPSA) is 82.8 Å². The third-order valence-corrected chi connectivity index (χ3v) is 3.64. The number of hydrogen-bond donors (Lipinski definition) is 0. The maximum atomic E-state index is 11.9. The van der Waals surface area contributed by atoms with Crippen LogP contribution in [0.2, 0.25) is 0 Å². The van der Waals surface area contributed by atoms with E-state index < -0.39 is 5.97 Å². The van der Waals surface area contributed by atoms with E-state index in [0.29, 0.717) is 12.4 Å². The molecular formula is C18H19N5O2. The predicted octanol–water partition coefficient (Wildman–Crippen LogP) is 3.07. The average molecular weight is 337 g/mol. The SMILES string of the molecule is CCCCCOC(=O)c1cn(-c2ccc(-c3ccccc3)nn2)nn1. The van der Waals surface area contributed by atoms with Crippen molar-refractivity contribution < 1.29 is 9.53 Å². The van der Waals surface area contributed by atoms with E-state index in [2.05, 4.69) is 27.4 Å². The Morgan fingerprint density at radius 3 is 2.60 bits per heavy atom. The maximum absolute atomic E-state index is 11.9. The third kappa shape index (κ3) is 4.26. The molecule has 128 valence electrons. The number of unbranched alkanes of at least 4 members (excludes halogenated alkanes) is 2. The van der Waals surface area contributed by atoms with E-state index in [1.54, 1.807) is 6.07 Å². The highest BCUT2D eigenvalue weighted by atomic mass is 16.5. The molecule has 0 fully saturated rings. The van der Waals surface area contributed by atoms with Crippen LogP contribution in [0.5, 0.6) is 0 Å². The summed E-state index contributed by atoms with van der Waals surface area (Å²) in [6.07, 6.45) is 4.45. The molecule has 0 amide bonds. The molecule has 2 heterocycles. The Bertz CT molecular complexity index is 815. The van der Waals surface area contributed by atoms with Crippen LogP contribution in [-0.4, -0.2) is 37.8 Å². The van der Waals surface area contributed by atoms with Crippen molar-refractivity contribution in [3.8, 4) is 17.1 Å². The van der Waals surface area contributed by atoms with Gasteiger partial charge in [0.05, 0.1) is 18.5 Å². The molecule has 3 aromatic rings. The van der Waals surface area contributed by atoms with Gasteiger partial charge < -0.3 is 4.74 Å². The zero-order chi connectivity index (χ0) is 17.5. The minimum atomic E-state index is -0.476. The van der Waals surface area contributed by atoms with Crippen LogP contribution in [0.25, 0.3) is 17.1 Å². The lowest BCUT2D eigenvalue weighted by Crippen LogP contribution is -2.07. The van der Waals surface area contributed by atoms with Gasteiger partial charge in [-0.05, 0) is 18.6 Å². The van der Waals surface area contributed by atoms with Gasteiger partial charge >= 0.3 is 5.97 Å². The van der Waals surface area contributed by atoms with E-state index in [4.69, 9.17) is 4.74 Å². The Morgan fingerprint density at radius 1 is 1.04 bits per heavy atom. The van der Waals surface area contributed by atoms with Crippen LogP contribution in [0, 0.1) is 0 Å². The molecule has 0 bridgehead atoms. The smallest absolute Gasteiger partial charge is 0.360 e. The summed E-state index contributed by atoms with van der Waals surface area (Å²) in [5.74, 6) is 0.00781. The minimum absolute atomic E-state index is 0.158. The van der Waals surface area contributed by atoms with Crippen molar-refractivity contribution in [2.75, 3.05) is 6.61 Å². The van der Waals surface area contributed by atoms with Gasteiger partial charge in [0.15, 0.2) is 11.5 Å². The first-order valence-corrected chi connectivity index (χ1v) is 8.27. The van der Waals surface area contributed by atoms with Gasteiger partial charge in [-0.3, -0.25) is 0 Å². The number of carbonyl (C=O) groups is 1. The van der Waals surface area contributed by atoms with Gasteiger partial charge in [-0.1, -0.05) is 55.3 Å². The summed E-state index contributed by atoms with van der Waals surface area (Å²) in [5, 5.41) is 16.1. The molecule has 3 rings (SSSR count). The molecule has 7 nitrogen and oxygen atoms in total. The standard InChI is InChI=1S/C18H19N5O2/c1-2-3-7-12-25-18(24)16-13-23(22-20-16)17-11-10-15(19-21-17)14-8-5-4-6-9-14/h4-6,8-11,13H,2-3,7,12H2,1H3. The highest BCUT2D eigenvalue weighted by Crippen LogP contribution is 2.16. The minimum Gasteiger partial charge on any atom is -0.461 e. The number of nitrogens with zero attached hydrogens (tertiary/aromatic N) is 5. The van der Waals surface area contributed by atoms with Crippen LogP contribution in [0.3, 0.4) is 0 Å². The summed E-state index contributed by atoms with van der Waals surface area (Å²) < 4.78 is 6.57. The fourth-order valence-electron chi connectivity index (χ4n) is 2.27. The normalized spacial score (nSPS) is 10.6. The number of aromatic nitrogens is 5. The van der Waals surface area contributed by atoms with E-state index in [0.717, 1.165) is 30.5 Å². The third-order valence-electron chi connectivity index (χ3n) is 3.64. The molecule has 0 N–H and O–H groups in total. The monoisotopic (exact) mass is 337 g/mol. The lowest BCUT2D eigenvalue weighted by Gasteiger charge is -2.02. The molecule has 2 aromatic heterocycles. The number of carbonyl (C=O) groups excluding carboxylic acids is 1. The summed E-state index contributed by atoms with van der Waals surface area (Å²) in [4.78, 5) is 11.9. The Labute approximate surface area is 145 Å². The summed E-state index contributed by atoms with van der Waals surface area (Å²) in [5.41, 5.74) is 1.90. The Balaban J connectivity index is 1.67. The molecular weight excluding hydrogens is 318 g/mol. The molecule has 0 aliphatic carbocycles. The Kier molecular flexibility index (Phi) is 5.46. The van der Waals surface area contributed by atoms with Crippen LogP contribution < -0.4 is 0 Å². The average Bonchev–Trinajstić information content (AvgIpc) is 3.16. The van der Waals surface area contributed by atoms with E-state index >= 15 is 0 Å². The Hall–Kier alpha value is -3.09. The fourth-order valence-corrected chi connectivity index (χ4v) is 2.27. The molecule has 7 heteroatoms. The van der Waals surface area contributed by atoms with Crippen molar-refractivity contribution in [1.29, 1.82) is 0 Å². The van der Waals surface area contributed by atoms with Crippen LogP contribution in [-0.2, 0) is 4.74 Å². The second kappa shape index (κ2) is 8.14. The van der Waals surface area contributed by atoms with Gasteiger partial charge in [0.1, 0.15) is 0 Å².